The van der Waals surface area contributed by atoms with Gasteiger partial charge in [0, 0.05) is 30.9 Å². The van der Waals surface area contributed by atoms with E-state index < -0.39 is 5.97 Å². The van der Waals surface area contributed by atoms with Crippen LogP contribution in [-0.2, 0) is 17.8 Å². The van der Waals surface area contributed by atoms with Gasteiger partial charge in [-0.2, -0.15) is 5.10 Å². The van der Waals surface area contributed by atoms with Crippen LogP contribution in [0.5, 0.6) is 0 Å². The summed E-state index contributed by atoms with van der Waals surface area (Å²) in [6.45, 7) is 3.22. The molecule has 1 aromatic carbocycles. The van der Waals surface area contributed by atoms with Gasteiger partial charge in [0.05, 0.1) is 5.69 Å². The molecule has 1 aromatic heterocycles. The van der Waals surface area contributed by atoms with Gasteiger partial charge >= 0.3 is 12.0 Å². The third-order valence-corrected chi connectivity index (χ3v) is 4.73. The minimum Gasteiger partial charge on any atom is -0.480 e. The maximum absolute atomic E-state index is 12.7. The number of benzene rings is 1. The van der Waals surface area contributed by atoms with E-state index in [-0.39, 0.29) is 18.5 Å². The van der Waals surface area contributed by atoms with Gasteiger partial charge in [0.25, 0.3) is 0 Å². The zero-order valence-electron chi connectivity index (χ0n) is 14.9. The first-order chi connectivity index (χ1) is 12.6. The number of amides is 2. The van der Waals surface area contributed by atoms with Gasteiger partial charge in [-0.25, -0.2) is 4.79 Å². The first-order valence-electron chi connectivity index (χ1n) is 8.95. The number of nitrogens with zero attached hydrogens (tertiary/aromatic N) is 3. The van der Waals surface area contributed by atoms with Crippen LogP contribution in [0.4, 0.5) is 10.5 Å². The Morgan fingerprint density at radius 2 is 2.12 bits per heavy atom. The lowest BCUT2D eigenvalue weighted by Crippen LogP contribution is -2.41. The molecule has 26 heavy (non-hydrogen) atoms. The topological polar surface area (TPSA) is 87.5 Å². The number of hydrogen-bond acceptors (Lipinski definition) is 3. The lowest BCUT2D eigenvalue weighted by molar-refractivity contribution is -0.137. The highest BCUT2D eigenvalue weighted by Crippen LogP contribution is 2.26. The molecule has 2 N–H and O–H groups in total. The minimum atomic E-state index is -0.918. The molecule has 7 heteroatoms. The highest BCUT2D eigenvalue weighted by molar-refractivity contribution is 5.90. The summed E-state index contributed by atoms with van der Waals surface area (Å²) in [7, 11) is 0. The van der Waals surface area contributed by atoms with Gasteiger partial charge in [-0.3, -0.25) is 9.48 Å². The number of para-hydroxylation sites is 1. The molecule has 1 fully saturated rings. The number of likely N-dealkylation sites (tertiary alicyclic amines) is 1. The van der Waals surface area contributed by atoms with Crippen molar-refractivity contribution in [2.45, 2.75) is 38.6 Å². The first kappa shape index (κ1) is 18.0. The quantitative estimate of drug-likeness (QED) is 0.862. The predicted molar refractivity (Wildman–Crippen MR) is 98.2 cm³/mol. The zero-order valence-corrected chi connectivity index (χ0v) is 14.9. The first-order valence-corrected chi connectivity index (χ1v) is 8.95. The average molecular weight is 356 g/mol. The summed E-state index contributed by atoms with van der Waals surface area (Å²) in [5.41, 5.74) is 2.81. The van der Waals surface area contributed by atoms with E-state index >= 15 is 0 Å². The van der Waals surface area contributed by atoms with E-state index in [9.17, 15) is 9.59 Å². The van der Waals surface area contributed by atoms with Crippen LogP contribution in [-0.4, -0.2) is 44.9 Å². The van der Waals surface area contributed by atoms with Gasteiger partial charge < -0.3 is 15.3 Å². The summed E-state index contributed by atoms with van der Waals surface area (Å²) in [6, 6.07) is 9.58. The minimum absolute atomic E-state index is 0.0967. The summed E-state index contributed by atoms with van der Waals surface area (Å²) < 4.78 is 1.42. The molecule has 0 saturated carbocycles. The fourth-order valence-corrected chi connectivity index (χ4v) is 3.37. The second-order valence-electron chi connectivity index (χ2n) is 6.56. The number of carbonyl (C=O) groups is 2. The third-order valence-electron chi connectivity index (χ3n) is 4.73. The van der Waals surface area contributed by atoms with E-state index in [4.69, 9.17) is 5.11 Å². The fraction of sp³-hybridized carbons (Fsp3) is 0.421. The molecule has 1 aliphatic heterocycles. The molecule has 1 atom stereocenters. The summed E-state index contributed by atoms with van der Waals surface area (Å²) in [5.74, 6) is -0.787. The van der Waals surface area contributed by atoms with Gasteiger partial charge in [-0.1, -0.05) is 25.1 Å². The number of piperidine rings is 1. The molecule has 1 aliphatic rings. The molecule has 2 amide bonds. The molecule has 0 aliphatic carbocycles. The lowest BCUT2D eigenvalue weighted by Gasteiger charge is -2.32. The molecule has 1 saturated heterocycles. The normalized spacial score (nSPS) is 17.1. The van der Waals surface area contributed by atoms with E-state index in [1.165, 1.54) is 4.68 Å². The largest absolute Gasteiger partial charge is 0.480 e. The molecular weight excluding hydrogens is 332 g/mol. The Labute approximate surface area is 152 Å². The highest BCUT2D eigenvalue weighted by Gasteiger charge is 2.26. The van der Waals surface area contributed by atoms with Crippen LogP contribution in [0.25, 0.3) is 0 Å². The number of nitrogens with one attached hydrogen (secondary N) is 1. The number of aromatic nitrogens is 2. The maximum atomic E-state index is 12.7. The fourth-order valence-electron chi connectivity index (χ4n) is 3.37. The predicted octanol–water partition coefficient (Wildman–Crippen LogP) is 2.94. The van der Waals surface area contributed by atoms with Crippen LogP contribution in [0.1, 0.15) is 36.9 Å². The van der Waals surface area contributed by atoms with E-state index in [0.29, 0.717) is 13.1 Å². The summed E-state index contributed by atoms with van der Waals surface area (Å²) in [5, 5.41) is 16.2. The number of carboxylic acids is 1. The van der Waals surface area contributed by atoms with Gasteiger partial charge in [-0.05, 0) is 37.0 Å². The van der Waals surface area contributed by atoms with Gasteiger partial charge in [-0.15, -0.1) is 0 Å². The molecule has 0 spiro atoms. The number of carboxylic acid groups (broad SMARTS) is 1. The molecular formula is C19H24N4O3. The second-order valence-corrected chi connectivity index (χ2v) is 6.56. The van der Waals surface area contributed by atoms with Crippen LogP contribution in [0.15, 0.2) is 36.5 Å². The Hall–Kier alpha value is -2.83. The van der Waals surface area contributed by atoms with Crippen molar-refractivity contribution in [2.75, 3.05) is 18.4 Å². The summed E-state index contributed by atoms with van der Waals surface area (Å²) in [6.07, 6.45) is 4.39. The number of aliphatic carboxylic acids is 1. The molecule has 2 heterocycles. The maximum Gasteiger partial charge on any atom is 0.325 e. The van der Waals surface area contributed by atoms with Crippen molar-refractivity contribution in [3.63, 3.8) is 0 Å². The van der Waals surface area contributed by atoms with Gasteiger partial charge in [0.1, 0.15) is 6.54 Å². The van der Waals surface area contributed by atoms with Crippen molar-refractivity contribution in [1.29, 1.82) is 0 Å². The Bertz CT molecular complexity index is 787. The number of carbonyl (C=O) groups excluding carboxylic acids is 1. The molecule has 0 bridgehead atoms. The molecule has 2 aromatic rings. The monoisotopic (exact) mass is 356 g/mol. The molecule has 0 unspecified atom stereocenters. The Balaban J connectivity index is 1.65. The van der Waals surface area contributed by atoms with Crippen molar-refractivity contribution in [2.24, 2.45) is 0 Å². The lowest BCUT2D eigenvalue weighted by atomic mass is 9.95. The molecule has 3 rings (SSSR count). The van der Waals surface area contributed by atoms with Crippen molar-refractivity contribution >= 4 is 17.7 Å². The van der Waals surface area contributed by atoms with Crippen molar-refractivity contribution in [3.05, 3.63) is 47.8 Å². The number of anilines is 1. The van der Waals surface area contributed by atoms with E-state index in [2.05, 4.69) is 17.3 Å². The molecule has 7 nitrogen and oxygen atoms in total. The van der Waals surface area contributed by atoms with Crippen molar-refractivity contribution in [3.8, 4) is 0 Å². The van der Waals surface area contributed by atoms with E-state index in [1.807, 2.05) is 35.2 Å². The summed E-state index contributed by atoms with van der Waals surface area (Å²) in [4.78, 5) is 25.3. The van der Waals surface area contributed by atoms with Crippen molar-refractivity contribution < 1.29 is 14.7 Å². The highest BCUT2D eigenvalue weighted by atomic mass is 16.4. The molecule has 138 valence electrons. The number of rotatable bonds is 5. The van der Waals surface area contributed by atoms with Crippen molar-refractivity contribution in [1.82, 2.24) is 14.7 Å². The third kappa shape index (κ3) is 4.22. The van der Waals surface area contributed by atoms with E-state index in [1.54, 1.807) is 6.20 Å². The van der Waals surface area contributed by atoms with Crippen LogP contribution >= 0.6 is 0 Å². The Morgan fingerprint density at radius 1 is 1.31 bits per heavy atom. The SMILES string of the molecule is CCc1ccccc1NC(=O)N1CCC[C@H](c2ccn(CC(=O)O)n2)C1. The zero-order chi connectivity index (χ0) is 18.5. The Morgan fingerprint density at radius 3 is 2.88 bits per heavy atom. The number of aryl methyl sites for hydroxylation is 1. The van der Waals surface area contributed by atoms with Gasteiger partial charge in [0.2, 0.25) is 0 Å². The number of urea groups is 1. The standard InChI is InChI=1S/C19H24N4O3/c1-2-14-6-3-4-8-16(14)20-19(26)22-10-5-7-15(12-22)17-9-11-23(21-17)13-18(24)25/h3-4,6,8-9,11,15H,2,5,7,10,12-13H2,1H3,(H,20,26)(H,24,25)/t15-/m0/s1. The second kappa shape index (κ2) is 8.03. The smallest absolute Gasteiger partial charge is 0.325 e. The van der Waals surface area contributed by atoms with Crippen LogP contribution in [0.3, 0.4) is 0 Å². The van der Waals surface area contributed by atoms with Gasteiger partial charge in [0.15, 0.2) is 0 Å². The number of hydrogen-bond donors (Lipinski definition) is 2. The van der Waals surface area contributed by atoms with E-state index in [0.717, 1.165) is 36.2 Å². The Kier molecular flexibility index (Phi) is 5.55. The summed E-state index contributed by atoms with van der Waals surface area (Å²) >= 11 is 0. The van der Waals surface area contributed by atoms with Crippen LogP contribution in [0, 0.1) is 0 Å². The molecule has 0 radical (unpaired) electrons. The van der Waals surface area contributed by atoms with Crippen LogP contribution < -0.4 is 5.32 Å². The van der Waals surface area contributed by atoms with Crippen LogP contribution in [0.2, 0.25) is 0 Å². The average Bonchev–Trinajstić information content (AvgIpc) is 3.10.